The Kier molecular flexibility index (Phi) is 4.42. The normalized spacial score (nSPS) is 14.1. The van der Waals surface area contributed by atoms with Crippen molar-refractivity contribution >= 4 is 11.5 Å². The van der Waals surface area contributed by atoms with Crippen LogP contribution in [-0.4, -0.2) is 37.4 Å². The maximum Gasteiger partial charge on any atom is 0.130 e. The van der Waals surface area contributed by atoms with Crippen LogP contribution >= 0.6 is 0 Å². The fourth-order valence-electron chi connectivity index (χ4n) is 2.85. The molecule has 2 aromatic rings. The Balaban J connectivity index is 1.76. The molecule has 0 aromatic heterocycles. The third kappa shape index (κ3) is 3.14. The van der Waals surface area contributed by atoms with E-state index in [0.29, 0.717) is 0 Å². The molecule has 0 saturated heterocycles. The number of aliphatic imine (C=N–C) groups is 1. The van der Waals surface area contributed by atoms with E-state index < -0.39 is 0 Å². The van der Waals surface area contributed by atoms with Crippen LogP contribution in [-0.2, 0) is 6.54 Å². The first-order valence-corrected chi connectivity index (χ1v) is 7.93. The van der Waals surface area contributed by atoms with Crippen LogP contribution in [0.25, 0.3) is 0 Å². The average molecular weight is 293 g/mol. The van der Waals surface area contributed by atoms with Gasteiger partial charge in [0.1, 0.15) is 5.84 Å². The first-order chi connectivity index (χ1) is 10.8. The summed E-state index contributed by atoms with van der Waals surface area (Å²) in [7, 11) is 2.10. The highest BCUT2D eigenvalue weighted by Gasteiger charge is 2.14. The Bertz CT molecular complexity index is 631. The van der Waals surface area contributed by atoms with E-state index >= 15 is 0 Å². The molecule has 3 nitrogen and oxygen atoms in total. The van der Waals surface area contributed by atoms with Crippen molar-refractivity contribution in [1.29, 1.82) is 0 Å². The minimum Gasteiger partial charge on any atom is -0.367 e. The van der Waals surface area contributed by atoms with Gasteiger partial charge in [0.05, 0.1) is 6.54 Å². The number of likely N-dealkylation sites (N-methyl/N-ethyl adjacent to an activating group) is 1. The molecular weight excluding hydrogens is 270 g/mol. The van der Waals surface area contributed by atoms with Crippen LogP contribution in [0.2, 0.25) is 0 Å². The third-order valence-corrected chi connectivity index (χ3v) is 4.15. The Hall–Kier alpha value is -2.29. The monoisotopic (exact) mass is 293 g/mol. The SMILES string of the molecule is CCN(Cc1ccccc1)c1ccc(C2=NCCN2C)cc1. The standard InChI is InChI=1S/C19H23N3/c1-3-22(15-16-7-5-4-6-8-16)18-11-9-17(10-12-18)19-20-13-14-21(19)2/h4-12H,3,13-15H2,1-2H3. The molecule has 0 spiro atoms. The molecule has 0 atom stereocenters. The summed E-state index contributed by atoms with van der Waals surface area (Å²) in [5, 5.41) is 0. The van der Waals surface area contributed by atoms with Crippen LogP contribution in [0.5, 0.6) is 0 Å². The van der Waals surface area contributed by atoms with Gasteiger partial charge in [-0.3, -0.25) is 4.99 Å². The maximum atomic E-state index is 4.58. The van der Waals surface area contributed by atoms with Gasteiger partial charge in [0.15, 0.2) is 0 Å². The van der Waals surface area contributed by atoms with Gasteiger partial charge in [0.25, 0.3) is 0 Å². The molecule has 0 N–H and O–H groups in total. The summed E-state index contributed by atoms with van der Waals surface area (Å²) < 4.78 is 0. The molecule has 0 bridgehead atoms. The summed E-state index contributed by atoms with van der Waals surface area (Å²) in [5.41, 5.74) is 3.81. The smallest absolute Gasteiger partial charge is 0.130 e. The van der Waals surface area contributed by atoms with Gasteiger partial charge < -0.3 is 9.80 Å². The number of nitrogens with zero attached hydrogens (tertiary/aromatic N) is 3. The molecule has 3 rings (SSSR count). The van der Waals surface area contributed by atoms with E-state index in [9.17, 15) is 0 Å². The highest BCUT2D eigenvalue weighted by molar-refractivity contribution is 5.99. The Morgan fingerprint density at radius 1 is 1.05 bits per heavy atom. The van der Waals surface area contributed by atoms with E-state index in [1.807, 2.05) is 0 Å². The molecule has 22 heavy (non-hydrogen) atoms. The Morgan fingerprint density at radius 2 is 1.77 bits per heavy atom. The summed E-state index contributed by atoms with van der Waals surface area (Å²) >= 11 is 0. The highest BCUT2D eigenvalue weighted by atomic mass is 15.2. The summed E-state index contributed by atoms with van der Waals surface area (Å²) in [6.07, 6.45) is 0. The van der Waals surface area contributed by atoms with Crippen molar-refractivity contribution in [2.45, 2.75) is 13.5 Å². The summed E-state index contributed by atoms with van der Waals surface area (Å²) in [6, 6.07) is 19.4. The molecule has 1 aliphatic heterocycles. The van der Waals surface area contributed by atoms with Gasteiger partial charge in [-0.05, 0) is 36.8 Å². The van der Waals surface area contributed by atoms with E-state index in [1.54, 1.807) is 0 Å². The van der Waals surface area contributed by atoms with Gasteiger partial charge in [-0.1, -0.05) is 30.3 Å². The Morgan fingerprint density at radius 3 is 2.36 bits per heavy atom. The van der Waals surface area contributed by atoms with Crippen LogP contribution in [0, 0.1) is 0 Å². The Labute approximate surface area is 132 Å². The second-order valence-electron chi connectivity index (χ2n) is 5.67. The molecule has 1 heterocycles. The molecule has 3 heteroatoms. The second kappa shape index (κ2) is 6.65. The number of hydrogen-bond acceptors (Lipinski definition) is 3. The summed E-state index contributed by atoms with van der Waals surface area (Å²) in [4.78, 5) is 9.19. The summed E-state index contributed by atoms with van der Waals surface area (Å²) in [6.45, 7) is 6.06. The van der Waals surface area contributed by atoms with Crippen molar-refractivity contribution in [2.24, 2.45) is 4.99 Å². The van der Waals surface area contributed by atoms with Gasteiger partial charge in [0, 0.05) is 37.9 Å². The minimum absolute atomic E-state index is 0.905. The zero-order valence-corrected chi connectivity index (χ0v) is 13.4. The first kappa shape index (κ1) is 14.6. The van der Waals surface area contributed by atoms with Crippen molar-refractivity contribution in [3.8, 4) is 0 Å². The van der Waals surface area contributed by atoms with Crippen molar-refractivity contribution < 1.29 is 0 Å². The molecule has 0 fully saturated rings. The molecular formula is C19H23N3. The molecule has 0 amide bonds. The molecule has 0 saturated carbocycles. The van der Waals surface area contributed by atoms with Gasteiger partial charge in [0.2, 0.25) is 0 Å². The topological polar surface area (TPSA) is 18.8 Å². The molecule has 0 radical (unpaired) electrons. The predicted octanol–water partition coefficient (Wildman–Crippen LogP) is 3.41. The van der Waals surface area contributed by atoms with Crippen molar-refractivity contribution in [2.75, 3.05) is 31.6 Å². The zero-order chi connectivity index (χ0) is 15.4. The van der Waals surface area contributed by atoms with Gasteiger partial charge in [-0.2, -0.15) is 0 Å². The molecule has 0 unspecified atom stereocenters. The predicted molar refractivity (Wildman–Crippen MR) is 93.6 cm³/mol. The lowest BCUT2D eigenvalue weighted by Gasteiger charge is -2.24. The minimum atomic E-state index is 0.905. The average Bonchev–Trinajstić information content (AvgIpc) is 3.00. The highest BCUT2D eigenvalue weighted by Crippen LogP contribution is 2.19. The van der Waals surface area contributed by atoms with E-state index in [4.69, 9.17) is 0 Å². The van der Waals surface area contributed by atoms with Crippen LogP contribution in [0.1, 0.15) is 18.1 Å². The molecule has 2 aromatic carbocycles. The first-order valence-electron chi connectivity index (χ1n) is 7.93. The van der Waals surface area contributed by atoms with Gasteiger partial charge in [-0.15, -0.1) is 0 Å². The van der Waals surface area contributed by atoms with Crippen molar-refractivity contribution in [3.05, 3.63) is 65.7 Å². The summed E-state index contributed by atoms with van der Waals surface area (Å²) in [5.74, 6) is 1.11. The number of amidine groups is 1. The largest absolute Gasteiger partial charge is 0.367 e. The lowest BCUT2D eigenvalue weighted by atomic mass is 10.1. The second-order valence-corrected chi connectivity index (χ2v) is 5.67. The van der Waals surface area contributed by atoms with E-state index in [0.717, 1.165) is 32.0 Å². The van der Waals surface area contributed by atoms with Gasteiger partial charge in [-0.25, -0.2) is 0 Å². The molecule has 0 aliphatic carbocycles. The lowest BCUT2D eigenvalue weighted by Crippen LogP contribution is -2.24. The number of benzene rings is 2. The van der Waals surface area contributed by atoms with Crippen LogP contribution in [0.3, 0.4) is 0 Å². The fraction of sp³-hybridized carbons (Fsp3) is 0.316. The zero-order valence-electron chi connectivity index (χ0n) is 13.4. The maximum absolute atomic E-state index is 4.58. The van der Waals surface area contributed by atoms with Crippen molar-refractivity contribution in [1.82, 2.24) is 4.90 Å². The van der Waals surface area contributed by atoms with Crippen LogP contribution in [0.4, 0.5) is 5.69 Å². The third-order valence-electron chi connectivity index (χ3n) is 4.15. The van der Waals surface area contributed by atoms with Crippen molar-refractivity contribution in [3.63, 3.8) is 0 Å². The molecule has 114 valence electrons. The quantitative estimate of drug-likeness (QED) is 0.841. The lowest BCUT2D eigenvalue weighted by molar-refractivity contribution is 0.557. The van der Waals surface area contributed by atoms with E-state index in [2.05, 4.69) is 83.4 Å². The molecule has 1 aliphatic rings. The number of anilines is 1. The van der Waals surface area contributed by atoms with E-state index in [1.165, 1.54) is 16.8 Å². The number of hydrogen-bond donors (Lipinski definition) is 0. The van der Waals surface area contributed by atoms with Gasteiger partial charge >= 0.3 is 0 Å². The fourth-order valence-corrected chi connectivity index (χ4v) is 2.85. The number of rotatable bonds is 5. The van der Waals surface area contributed by atoms with Crippen LogP contribution in [0.15, 0.2) is 59.6 Å². The van der Waals surface area contributed by atoms with Crippen LogP contribution < -0.4 is 4.90 Å². The van der Waals surface area contributed by atoms with E-state index in [-0.39, 0.29) is 0 Å².